The minimum atomic E-state index is 0.186. The highest BCUT2D eigenvalue weighted by Gasteiger charge is 2.29. The molecule has 4 heterocycles. The van der Waals surface area contributed by atoms with Crippen LogP contribution in [0.4, 0.5) is 11.8 Å². The Hall–Kier alpha value is -1.89. The first kappa shape index (κ1) is 17.5. The van der Waals surface area contributed by atoms with Gasteiger partial charge in [-0.15, -0.1) is 0 Å². The van der Waals surface area contributed by atoms with Crippen molar-refractivity contribution in [2.75, 3.05) is 36.0 Å². The SMILES string of the molecule is CC1CCN(c2nc(N3C[C@@H](C)O[C@@H](C)C3)c3ncn(C(C)C)c3n2)C1. The molecule has 0 bridgehead atoms. The highest BCUT2D eigenvalue weighted by atomic mass is 16.5. The second-order valence-corrected chi connectivity index (χ2v) is 8.27. The van der Waals surface area contributed by atoms with Crippen molar-refractivity contribution in [1.29, 1.82) is 0 Å². The zero-order valence-corrected chi connectivity index (χ0v) is 16.5. The molecule has 26 heavy (non-hydrogen) atoms. The molecule has 2 aromatic heterocycles. The van der Waals surface area contributed by atoms with Crippen LogP contribution in [0.5, 0.6) is 0 Å². The van der Waals surface area contributed by atoms with Crippen LogP contribution in [-0.2, 0) is 4.74 Å². The lowest BCUT2D eigenvalue weighted by Crippen LogP contribution is -2.46. The quantitative estimate of drug-likeness (QED) is 0.841. The van der Waals surface area contributed by atoms with Crippen LogP contribution in [0, 0.1) is 5.92 Å². The molecule has 0 radical (unpaired) electrons. The summed E-state index contributed by atoms with van der Waals surface area (Å²) in [6.07, 6.45) is 3.47. The van der Waals surface area contributed by atoms with Gasteiger partial charge in [0.05, 0.1) is 18.5 Å². The van der Waals surface area contributed by atoms with Gasteiger partial charge >= 0.3 is 0 Å². The number of hydrogen-bond donors (Lipinski definition) is 0. The topological polar surface area (TPSA) is 59.3 Å². The van der Waals surface area contributed by atoms with Crippen molar-refractivity contribution in [2.24, 2.45) is 5.92 Å². The molecule has 2 aromatic rings. The van der Waals surface area contributed by atoms with Gasteiger partial charge in [-0.25, -0.2) is 4.98 Å². The third-order valence-electron chi connectivity index (χ3n) is 5.37. The number of hydrogen-bond acceptors (Lipinski definition) is 6. The molecule has 3 atom stereocenters. The van der Waals surface area contributed by atoms with Crippen molar-refractivity contribution < 1.29 is 4.74 Å². The first-order valence-corrected chi connectivity index (χ1v) is 9.82. The van der Waals surface area contributed by atoms with E-state index >= 15 is 0 Å². The molecule has 2 fully saturated rings. The second-order valence-electron chi connectivity index (χ2n) is 8.27. The standard InChI is InChI=1S/C19H30N6O/c1-12(2)25-11-20-16-17(24-9-14(4)26-15(5)10-24)21-19(22-18(16)25)23-7-6-13(3)8-23/h11-15H,6-10H2,1-5H3/t13?,14-,15+. The minimum Gasteiger partial charge on any atom is -0.372 e. The summed E-state index contributed by atoms with van der Waals surface area (Å²) >= 11 is 0. The Labute approximate surface area is 155 Å². The number of aromatic nitrogens is 4. The van der Waals surface area contributed by atoms with Gasteiger partial charge in [-0.05, 0) is 40.0 Å². The van der Waals surface area contributed by atoms with Gasteiger partial charge in [0, 0.05) is 32.2 Å². The van der Waals surface area contributed by atoms with Gasteiger partial charge in [0.2, 0.25) is 5.95 Å². The predicted molar refractivity (Wildman–Crippen MR) is 104 cm³/mol. The molecule has 7 heteroatoms. The van der Waals surface area contributed by atoms with Crippen LogP contribution in [0.15, 0.2) is 6.33 Å². The Morgan fingerprint density at radius 2 is 1.77 bits per heavy atom. The first-order chi connectivity index (χ1) is 12.4. The fourth-order valence-corrected chi connectivity index (χ4v) is 4.10. The summed E-state index contributed by atoms with van der Waals surface area (Å²) in [5, 5.41) is 0. The maximum absolute atomic E-state index is 5.92. The second kappa shape index (κ2) is 6.68. The number of rotatable bonds is 3. The molecular weight excluding hydrogens is 328 g/mol. The van der Waals surface area contributed by atoms with Gasteiger partial charge in [-0.1, -0.05) is 6.92 Å². The van der Waals surface area contributed by atoms with Crippen molar-refractivity contribution in [3.63, 3.8) is 0 Å². The predicted octanol–water partition coefficient (Wildman–Crippen LogP) is 2.87. The maximum atomic E-state index is 5.92. The average Bonchev–Trinajstić information content (AvgIpc) is 3.19. The van der Waals surface area contributed by atoms with Crippen molar-refractivity contribution >= 4 is 22.9 Å². The number of fused-ring (bicyclic) bond motifs is 1. The van der Waals surface area contributed by atoms with E-state index in [0.717, 1.165) is 49.1 Å². The lowest BCUT2D eigenvalue weighted by Gasteiger charge is -2.36. The molecule has 1 unspecified atom stereocenters. The Kier molecular flexibility index (Phi) is 4.50. The minimum absolute atomic E-state index is 0.186. The maximum Gasteiger partial charge on any atom is 0.229 e. The molecule has 0 aliphatic carbocycles. The Morgan fingerprint density at radius 1 is 1.04 bits per heavy atom. The first-order valence-electron chi connectivity index (χ1n) is 9.82. The largest absolute Gasteiger partial charge is 0.372 e. The summed E-state index contributed by atoms with van der Waals surface area (Å²) in [5.74, 6) is 2.48. The third kappa shape index (κ3) is 3.13. The van der Waals surface area contributed by atoms with Crippen LogP contribution in [0.1, 0.15) is 47.1 Å². The van der Waals surface area contributed by atoms with Gasteiger partial charge in [0.1, 0.15) is 0 Å². The van der Waals surface area contributed by atoms with Gasteiger partial charge < -0.3 is 19.1 Å². The van der Waals surface area contributed by atoms with E-state index in [1.165, 1.54) is 6.42 Å². The van der Waals surface area contributed by atoms with E-state index in [1.54, 1.807) is 0 Å². The number of nitrogens with zero attached hydrogens (tertiary/aromatic N) is 6. The van der Waals surface area contributed by atoms with Gasteiger partial charge in [-0.2, -0.15) is 9.97 Å². The van der Waals surface area contributed by atoms with Gasteiger partial charge in [0.15, 0.2) is 17.0 Å². The number of imidazole rings is 1. The zero-order chi connectivity index (χ0) is 18.4. The summed E-state index contributed by atoms with van der Waals surface area (Å²) in [6.45, 7) is 14.6. The summed E-state index contributed by atoms with van der Waals surface area (Å²) in [6, 6.07) is 0.315. The Bertz CT molecular complexity index is 778. The van der Waals surface area contributed by atoms with E-state index in [4.69, 9.17) is 14.7 Å². The summed E-state index contributed by atoms with van der Waals surface area (Å²) < 4.78 is 8.07. The average molecular weight is 358 g/mol. The van der Waals surface area contributed by atoms with E-state index in [2.05, 4.69) is 54.0 Å². The molecule has 2 aliphatic rings. The molecule has 0 saturated carbocycles. The van der Waals surface area contributed by atoms with Crippen LogP contribution in [0.25, 0.3) is 11.2 Å². The van der Waals surface area contributed by atoms with Crippen LogP contribution in [-0.4, -0.2) is 57.9 Å². The molecule has 4 rings (SSSR count). The third-order valence-corrected chi connectivity index (χ3v) is 5.37. The van der Waals surface area contributed by atoms with E-state index < -0.39 is 0 Å². The van der Waals surface area contributed by atoms with Crippen LogP contribution < -0.4 is 9.80 Å². The summed E-state index contributed by atoms with van der Waals surface area (Å²) in [7, 11) is 0. The Balaban J connectivity index is 1.82. The number of morpholine rings is 1. The highest BCUT2D eigenvalue weighted by molar-refractivity contribution is 5.85. The molecular formula is C19H30N6O. The normalized spacial score (nSPS) is 27.1. The Morgan fingerprint density at radius 3 is 2.38 bits per heavy atom. The van der Waals surface area contributed by atoms with Crippen molar-refractivity contribution in [2.45, 2.75) is 59.3 Å². The molecule has 2 aliphatic heterocycles. The van der Waals surface area contributed by atoms with E-state index in [9.17, 15) is 0 Å². The fraction of sp³-hybridized carbons (Fsp3) is 0.737. The molecule has 142 valence electrons. The summed E-state index contributed by atoms with van der Waals surface area (Å²) in [4.78, 5) is 19.2. The van der Waals surface area contributed by atoms with Crippen molar-refractivity contribution in [3.05, 3.63) is 6.33 Å². The molecule has 0 N–H and O–H groups in total. The lowest BCUT2D eigenvalue weighted by molar-refractivity contribution is -0.00537. The van der Waals surface area contributed by atoms with E-state index in [1.807, 2.05) is 6.33 Å². The molecule has 0 amide bonds. The zero-order valence-electron chi connectivity index (χ0n) is 16.5. The fourth-order valence-electron chi connectivity index (χ4n) is 4.10. The van der Waals surface area contributed by atoms with Crippen LogP contribution in [0.3, 0.4) is 0 Å². The van der Waals surface area contributed by atoms with Gasteiger partial charge in [0.25, 0.3) is 0 Å². The van der Waals surface area contributed by atoms with E-state index in [0.29, 0.717) is 12.0 Å². The van der Waals surface area contributed by atoms with Crippen LogP contribution in [0.2, 0.25) is 0 Å². The van der Waals surface area contributed by atoms with Gasteiger partial charge in [-0.3, -0.25) is 0 Å². The lowest BCUT2D eigenvalue weighted by atomic mass is 10.2. The summed E-state index contributed by atoms with van der Waals surface area (Å²) in [5.41, 5.74) is 1.84. The highest BCUT2D eigenvalue weighted by Crippen LogP contribution is 2.31. The van der Waals surface area contributed by atoms with Crippen molar-refractivity contribution in [1.82, 2.24) is 19.5 Å². The smallest absolute Gasteiger partial charge is 0.229 e. The molecule has 2 saturated heterocycles. The molecule has 0 aromatic carbocycles. The molecule has 0 spiro atoms. The van der Waals surface area contributed by atoms with Crippen LogP contribution >= 0.6 is 0 Å². The van der Waals surface area contributed by atoms with Crippen molar-refractivity contribution in [3.8, 4) is 0 Å². The number of ether oxygens (including phenoxy) is 1. The number of anilines is 2. The monoisotopic (exact) mass is 358 g/mol. The molecule has 7 nitrogen and oxygen atoms in total. The van der Waals surface area contributed by atoms with E-state index in [-0.39, 0.29) is 12.2 Å².